The fourth-order valence-corrected chi connectivity index (χ4v) is 3.01. The van der Waals surface area contributed by atoms with Crippen molar-refractivity contribution in [1.82, 2.24) is 14.9 Å². The summed E-state index contributed by atoms with van der Waals surface area (Å²) in [6, 6.07) is 2.07. The molecule has 1 N–H and O–H groups in total. The minimum absolute atomic E-state index is 0.143. The van der Waals surface area contributed by atoms with Crippen LogP contribution in [0.5, 0.6) is 0 Å². The van der Waals surface area contributed by atoms with Gasteiger partial charge in [0.15, 0.2) is 0 Å². The zero-order valence-corrected chi connectivity index (χ0v) is 10.3. The van der Waals surface area contributed by atoms with Crippen LogP contribution in [0.25, 0.3) is 0 Å². The van der Waals surface area contributed by atoms with Gasteiger partial charge in [0.25, 0.3) is 5.56 Å². The SMILES string of the molecule is CC1CCCc2nc(C3CCNC3)cc(=O)n21. The summed E-state index contributed by atoms with van der Waals surface area (Å²) < 4.78 is 1.88. The lowest BCUT2D eigenvalue weighted by atomic mass is 10.0. The third-order valence-corrected chi connectivity index (χ3v) is 3.99. The molecule has 17 heavy (non-hydrogen) atoms. The van der Waals surface area contributed by atoms with E-state index < -0.39 is 0 Å². The average molecular weight is 233 g/mol. The first-order valence-corrected chi connectivity index (χ1v) is 6.59. The van der Waals surface area contributed by atoms with Crippen molar-refractivity contribution in [3.63, 3.8) is 0 Å². The molecule has 1 fully saturated rings. The molecule has 2 unspecified atom stereocenters. The van der Waals surface area contributed by atoms with E-state index in [2.05, 4.69) is 12.2 Å². The zero-order valence-electron chi connectivity index (χ0n) is 10.3. The van der Waals surface area contributed by atoms with E-state index in [1.54, 1.807) is 6.07 Å². The molecule has 0 bridgehead atoms. The molecule has 0 aromatic carbocycles. The molecule has 0 amide bonds. The summed E-state index contributed by atoms with van der Waals surface area (Å²) in [6.45, 7) is 4.12. The molecule has 1 aromatic heterocycles. The zero-order chi connectivity index (χ0) is 11.8. The van der Waals surface area contributed by atoms with Crippen LogP contribution in [-0.4, -0.2) is 22.6 Å². The minimum atomic E-state index is 0.143. The van der Waals surface area contributed by atoms with Gasteiger partial charge in [0.2, 0.25) is 0 Å². The van der Waals surface area contributed by atoms with Crippen LogP contribution in [-0.2, 0) is 6.42 Å². The first-order chi connectivity index (χ1) is 8.25. The fourth-order valence-electron chi connectivity index (χ4n) is 3.01. The van der Waals surface area contributed by atoms with E-state index in [9.17, 15) is 4.79 Å². The highest BCUT2D eigenvalue weighted by Crippen LogP contribution is 2.24. The molecular weight excluding hydrogens is 214 g/mol. The molecule has 2 aliphatic rings. The minimum Gasteiger partial charge on any atom is -0.316 e. The van der Waals surface area contributed by atoms with Gasteiger partial charge in [0.05, 0.1) is 5.69 Å². The molecular formula is C13H19N3O. The summed E-state index contributed by atoms with van der Waals surface area (Å²) in [5.41, 5.74) is 1.14. The number of rotatable bonds is 1. The van der Waals surface area contributed by atoms with Gasteiger partial charge < -0.3 is 5.32 Å². The Hall–Kier alpha value is -1.16. The van der Waals surface area contributed by atoms with Gasteiger partial charge in [-0.1, -0.05) is 0 Å². The van der Waals surface area contributed by atoms with Gasteiger partial charge in [-0.15, -0.1) is 0 Å². The standard InChI is InChI=1S/C13H19N3O/c1-9-3-2-4-12-15-11(7-13(17)16(9)12)10-5-6-14-8-10/h7,9-10,14H,2-6,8H2,1H3. The summed E-state index contributed by atoms with van der Waals surface area (Å²) in [4.78, 5) is 16.9. The monoisotopic (exact) mass is 233 g/mol. The van der Waals surface area contributed by atoms with E-state index in [0.717, 1.165) is 50.3 Å². The largest absolute Gasteiger partial charge is 0.316 e. The first-order valence-electron chi connectivity index (χ1n) is 6.59. The molecule has 4 nitrogen and oxygen atoms in total. The molecule has 2 atom stereocenters. The molecule has 2 aliphatic heterocycles. The van der Waals surface area contributed by atoms with Crippen molar-refractivity contribution in [3.05, 3.63) is 27.9 Å². The second-order valence-corrected chi connectivity index (χ2v) is 5.24. The van der Waals surface area contributed by atoms with Gasteiger partial charge >= 0.3 is 0 Å². The topological polar surface area (TPSA) is 46.9 Å². The van der Waals surface area contributed by atoms with Crippen LogP contribution in [0.3, 0.4) is 0 Å². The Morgan fingerprint density at radius 2 is 2.35 bits per heavy atom. The number of aromatic nitrogens is 2. The van der Waals surface area contributed by atoms with Crippen molar-refractivity contribution in [2.45, 2.75) is 44.6 Å². The maximum absolute atomic E-state index is 12.2. The second-order valence-electron chi connectivity index (χ2n) is 5.24. The lowest BCUT2D eigenvalue weighted by Crippen LogP contribution is -2.31. The third-order valence-electron chi connectivity index (χ3n) is 3.99. The Kier molecular flexibility index (Phi) is 2.74. The van der Waals surface area contributed by atoms with Crippen LogP contribution in [0.2, 0.25) is 0 Å². The van der Waals surface area contributed by atoms with Crippen LogP contribution in [0.15, 0.2) is 10.9 Å². The first kappa shape index (κ1) is 11.0. The number of hydrogen-bond acceptors (Lipinski definition) is 3. The van der Waals surface area contributed by atoms with E-state index >= 15 is 0 Å². The van der Waals surface area contributed by atoms with Crippen molar-refractivity contribution < 1.29 is 0 Å². The van der Waals surface area contributed by atoms with Crippen LogP contribution in [0, 0.1) is 0 Å². The van der Waals surface area contributed by atoms with Gasteiger partial charge in [0, 0.05) is 31.0 Å². The van der Waals surface area contributed by atoms with E-state index in [4.69, 9.17) is 4.98 Å². The van der Waals surface area contributed by atoms with Crippen molar-refractivity contribution >= 4 is 0 Å². The molecule has 1 aromatic rings. The van der Waals surface area contributed by atoms with E-state index in [-0.39, 0.29) is 5.56 Å². The van der Waals surface area contributed by atoms with Gasteiger partial charge in [-0.3, -0.25) is 9.36 Å². The number of aryl methyl sites for hydroxylation is 1. The number of fused-ring (bicyclic) bond motifs is 1. The molecule has 0 radical (unpaired) electrons. The summed E-state index contributed by atoms with van der Waals surface area (Å²) in [5.74, 6) is 1.43. The highest BCUT2D eigenvalue weighted by atomic mass is 16.1. The average Bonchev–Trinajstić information content (AvgIpc) is 2.81. The fraction of sp³-hybridized carbons (Fsp3) is 0.692. The molecule has 4 heteroatoms. The van der Waals surface area contributed by atoms with Crippen molar-refractivity contribution in [2.24, 2.45) is 0 Å². The lowest BCUT2D eigenvalue weighted by molar-refractivity contribution is 0.401. The predicted octanol–water partition coefficient (Wildman–Crippen LogP) is 1.22. The Morgan fingerprint density at radius 1 is 1.47 bits per heavy atom. The molecule has 0 spiro atoms. The van der Waals surface area contributed by atoms with Gasteiger partial charge in [-0.2, -0.15) is 0 Å². The van der Waals surface area contributed by atoms with Crippen LogP contribution < -0.4 is 10.9 Å². The Labute approximate surface area is 101 Å². The second kappa shape index (κ2) is 4.26. The molecule has 1 saturated heterocycles. The van der Waals surface area contributed by atoms with E-state index in [0.29, 0.717) is 12.0 Å². The number of hydrogen-bond donors (Lipinski definition) is 1. The van der Waals surface area contributed by atoms with Gasteiger partial charge in [-0.25, -0.2) is 4.98 Å². The van der Waals surface area contributed by atoms with Crippen molar-refractivity contribution in [3.8, 4) is 0 Å². The van der Waals surface area contributed by atoms with Crippen molar-refractivity contribution in [1.29, 1.82) is 0 Å². The summed E-state index contributed by atoms with van der Waals surface area (Å²) in [7, 11) is 0. The number of nitrogens with zero attached hydrogens (tertiary/aromatic N) is 2. The number of nitrogens with one attached hydrogen (secondary N) is 1. The lowest BCUT2D eigenvalue weighted by Gasteiger charge is -2.25. The quantitative estimate of drug-likeness (QED) is 0.793. The van der Waals surface area contributed by atoms with Crippen LogP contribution >= 0.6 is 0 Å². The maximum Gasteiger partial charge on any atom is 0.253 e. The summed E-state index contributed by atoms with van der Waals surface area (Å²) >= 11 is 0. The van der Waals surface area contributed by atoms with E-state index in [1.165, 1.54) is 0 Å². The summed E-state index contributed by atoms with van der Waals surface area (Å²) in [5, 5.41) is 3.33. The smallest absolute Gasteiger partial charge is 0.253 e. The highest BCUT2D eigenvalue weighted by molar-refractivity contribution is 5.14. The molecule has 0 aliphatic carbocycles. The van der Waals surface area contributed by atoms with Crippen molar-refractivity contribution in [2.75, 3.05) is 13.1 Å². The van der Waals surface area contributed by atoms with E-state index in [1.807, 2.05) is 4.57 Å². The van der Waals surface area contributed by atoms with Gasteiger partial charge in [-0.05, 0) is 32.7 Å². The Morgan fingerprint density at radius 3 is 3.12 bits per heavy atom. The maximum atomic E-state index is 12.2. The normalized spacial score (nSPS) is 28.1. The molecule has 3 heterocycles. The predicted molar refractivity (Wildman–Crippen MR) is 66.4 cm³/mol. The Bertz CT molecular complexity index is 474. The van der Waals surface area contributed by atoms with Crippen LogP contribution in [0.1, 0.15) is 49.7 Å². The molecule has 92 valence electrons. The third kappa shape index (κ3) is 1.90. The van der Waals surface area contributed by atoms with Gasteiger partial charge in [0.1, 0.15) is 5.82 Å². The van der Waals surface area contributed by atoms with Crippen LogP contribution in [0.4, 0.5) is 0 Å². The molecule has 3 rings (SSSR count). The Balaban J connectivity index is 2.03. The highest BCUT2D eigenvalue weighted by Gasteiger charge is 2.23. The summed E-state index contributed by atoms with van der Waals surface area (Å²) in [6.07, 6.45) is 4.30. The molecule has 0 saturated carbocycles.